The van der Waals surface area contributed by atoms with Gasteiger partial charge >= 0.3 is 0 Å². The predicted octanol–water partition coefficient (Wildman–Crippen LogP) is 2.88. The van der Waals surface area contributed by atoms with Crippen molar-refractivity contribution in [3.05, 3.63) is 59.7 Å². The summed E-state index contributed by atoms with van der Waals surface area (Å²) in [4.78, 5) is 0.303. The van der Waals surface area contributed by atoms with Crippen LogP contribution >= 0.6 is 0 Å². The maximum atomic E-state index is 13.3. The predicted molar refractivity (Wildman–Crippen MR) is 95.1 cm³/mol. The van der Waals surface area contributed by atoms with Crippen LogP contribution in [0.25, 0.3) is 0 Å². The monoisotopic (exact) mass is 359 g/mol. The molecule has 0 saturated carbocycles. The second kappa shape index (κ2) is 6.12. The molecule has 0 bridgehead atoms. The van der Waals surface area contributed by atoms with Crippen LogP contribution in [0.4, 0.5) is 5.69 Å². The molecule has 0 radical (unpaired) electrons. The fourth-order valence-corrected chi connectivity index (χ4v) is 5.01. The number of ether oxygens (including phenoxy) is 2. The molecule has 0 aromatic heterocycles. The van der Waals surface area contributed by atoms with Crippen LogP contribution < -0.4 is 4.31 Å². The second-order valence-electron chi connectivity index (χ2n) is 6.55. The Bertz CT molecular complexity index is 871. The number of rotatable bonds is 2. The van der Waals surface area contributed by atoms with E-state index in [1.807, 2.05) is 43.3 Å². The molecule has 0 unspecified atom stereocenters. The van der Waals surface area contributed by atoms with Crippen molar-refractivity contribution in [3.8, 4) is 0 Å². The van der Waals surface area contributed by atoms with Crippen LogP contribution in [0.5, 0.6) is 0 Å². The van der Waals surface area contributed by atoms with Gasteiger partial charge in [-0.3, -0.25) is 4.31 Å². The minimum atomic E-state index is -3.64. The molecule has 1 fully saturated rings. The van der Waals surface area contributed by atoms with Crippen molar-refractivity contribution in [2.45, 2.75) is 30.4 Å². The lowest BCUT2D eigenvalue weighted by Gasteiger charge is -2.26. The molecular formula is C19H21NO4S. The zero-order chi connectivity index (χ0) is 17.5. The van der Waals surface area contributed by atoms with Crippen LogP contribution in [-0.4, -0.2) is 34.0 Å². The fourth-order valence-electron chi connectivity index (χ4n) is 3.51. The van der Waals surface area contributed by atoms with Gasteiger partial charge in [-0.15, -0.1) is 0 Å². The third-order valence-corrected chi connectivity index (χ3v) is 6.67. The van der Waals surface area contributed by atoms with Crippen molar-refractivity contribution in [2.24, 2.45) is 0 Å². The Labute approximate surface area is 148 Å². The van der Waals surface area contributed by atoms with Gasteiger partial charge in [0.15, 0.2) is 5.79 Å². The van der Waals surface area contributed by atoms with Gasteiger partial charge in [0, 0.05) is 19.4 Å². The molecule has 0 N–H and O–H groups in total. The Morgan fingerprint density at radius 1 is 1.00 bits per heavy atom. The van der Waals surface area contributed by atoms with Gasteiger partial charge in [-0.25, -0.2) is 8.42 Å². The summed E-state index contributed by atoms with van der Waals surface area (Å²) >= 11 is 0. The average molecular weight is 359 g/mol. The molecule has 0 atom stereocenters. The largest absolute Gasteiger partial charge is 0.347 e. The maximum absolute atomic E-state index is 13.3. The summed E-state index contributed by atoms with van der Waals surface area (Å²) in [7, 11) is -3.64. The van der Waals surface area contributed by atoms with E-state index in [1.54, 1.807) is 12.1 Å². The van der Waals surface area contributed by atoms with Gasteiger partial charge in [-0.2, -0.15) is 0 Å². The molecule has 1 spiro atoms. The van der Waals surface area contributed by atoms with E-state index in [4.69, 9.17) is 9.47 Å². The SMILES string of the molecule is Cc1ccc(S(=O)(=O)N2CCC3(Cc4ccccc42)OCCO3)cc1. The third-order valence-electron chi connectivity index (χ3n) is 4.84. The molecule has 2 heterocycles. The van der Waals surface area contributed by atoms with Gasteiger partial charge in [-0.05, 0) is 30.7 Å². The van der Waals surface area contributed by atoms with Crippen LogP contribution in [0.1, 0.15) is 17.5 Å². The van der Waals surface area contributed by atoms with Gasteiger partial charge in [0.25, 0.3) is 10.0 Å². The zero-order valence-corrected chi connectivity index (χ0v) is 15.0. The van der Waals surface area contributed by atoms with Crippen molar-refractivity contribution in [2.75, 3.05) is 24.1 Å². The highest BCUT2D eigenvalue weighted by Crippen LogP contribution is 2.38. The first-order valence-corrected chi connectivity index (χ1v) is 9.89. The molecule has 132 valence electrons. The number of aryl methyl sites for hydroxylation is 1. The second-order valence-corrected chi connectivity index (χ2v) is 8.42. The lowest BCUT2D eigenvalue weighted by Crippen LogP contribution is -2.37. The number of benzene rings is 2. The van der Waals surface area contributed by atoms with E-state index >= 15 is 0 Å². The summed E-state index contributed by atoms with van der Waals surface area (Å²) in [6.45, 7) is 3.36. The molecule has 1 saturated heterocycles. The van der Waals surface area contributed by atoms with Gasteiger partial charge < -0.3 is 9.47 Å². The van der Waals surface area contributed by atoms with Crippen molar-refractivity contribution < 1.29 is 17.9 Å². The highest BCUT2D eigenvalue weighted by Gasteiger charge is 2.42. The van der Waals surface area contributed by atoms with E-state index in [9.17, 15) is 8.42 Å². The van der Waals surface area contributed by atoms with Crippen LogP contribution in [0, 0.1) is 6.92 Å². The molecule has 2 aliphatic heterocycles. The van der Waals surface area contributed by atoms with Crippen LogP contribution in [0.2, 0.25) is 0 Å². The quantitative estimate of drug-likeness (QED) is 0.827. The molecular weight excluding hydrogens is 338 g/mol. The Kier molecular flexibility index (Phi) is 4.06. The van der Waals surface area contributed by atoms with E-state index in [2.05, 4.69) is 0 Å². The zero-order valence-electron chi connectivity index (χ0n) is 14.1. The summed E-state index contributed by atoms with van der Waals surface area (Å²) in [5.41, 5.74) is 2.67. The number of hydrogen-bond donors (Lipinski definition) is 0. The highest BCUT2D eigenvalue weighted by molar-refractivity contribution is 7.92. The average Bonchev–Trinajstić information content (AvgIpc) is 2.97. The first-order chi connectivity index (χ1) is 12.0. The number of anilines is 1. The van der Waals surface area contributed by atoms with Crippen molar-refractivity contribution >= 4 is 15.7 Å². The molecule has 4 rings (SSSR count). The lowest BCUT2D eigenvalue weighted by atomic mass is 10.0. The molecule has 2 aromatic rings. The topological polar surface area (TPSA) is 55.8 Å². The number of fused-ring (bicyclic) bond motifs is 1. The van der Waals surface area contributed by atoms with Crippen LogP contribution in [-0.2, 0) is 25.9 Å². The minimum Gasteiger partial charge on any atom is -0.347 e. The Morgan fingerprint density at radius 3 is 2.40 bits per heavy atom. The van der Waals surface area contributed by atoms with E-state index in [-0.39, 0.29) is 0 Å². The summed E-state index contributed by atoms with van der Waals surface area (Å²) in [6, 6.07) is 14.6. The Balaban J connectivity index is 1.78. The van der Waals surface area contributed by atoms with E-state index in [0.29, 0.717) is 43.2 Å². The van der Waals surface area contributed by atoms with Gasteiger partial charge in [-0.1, -0.05) is 35.9 Å². The molecule has 2 aromatic carbocycles. The minimum absolute atomic E-state index is 0.303. The first-order valence-electron chi connectivity index (χ1n) is 8.45. The van der Waals surface area contributed by atoms with E-state index < -0.39 is 15.8 Å². The summed E-state index contributed by atoms with van der Waals surface area (Å²) in [5.74, 6) is -0.715. The smallest absolute Gasteiger partial charge is 0.264 e. The molecule has 0 aliphatic carbocycles. The molecule has 0 amide bonds. The number of hydrogen-bond acceptors (Lipinski definition) is 4. The number of sulfonamides is 1. The first kappa shape index (κ1) is 16.6. The Morgan fingerprint density at radius 2 is 1.68 bits per heavy atom. The molecule has 2 aliphatic rings. The Hall–Kier alpha value is -1.89. The molecule has 5 nitrogen and oxygen atoms in total. The summed E-state index contributed by atoms with van der Waals surface area (Å²) in [5, 5.41) is 0. The van der Waals surface area contributed by atoms with Gasteiger partial charge in [0.2, 0.25) is 0 Å². The van der Waals surface area contributed by atoms with Crippen LogP contribution in [0.15, 0.2) is 53.4 Å². The van der Waals surface area contributed by atoms with Crippen molar-refractivity contribution in [3.63, 3.8) is 0 Å². The number of nitrogens with zero attached hydrogens (tertiary/aromatic N) is 1. The highest BCUT2D eigenvalue weighted by atomic mass is 32.2. The van der Waals surface area contributed by atoms with Crippen LogP contribution in [0.3, 0.4) is 0 Å². The van der Waals surface area contributed by atoms with E-state index in [0.717, 1.165) is 11.1 Å². The van der Waals surface area contributed by atoms with Gasteiger partial charge in [0.05, 0.1) is 23.8 Å². The summed E-state index contributed by atoms with van der Waals surface area (Å²) < 4.78 is 39.7. The maximum Gasteiger partial charge on any atom is 0.264 e. The molecule has 25 heavy (non-hydrogen) atoms. The van der Waals surface area contributed by atoms with E-state index in [1.165, 1.54) is 4.31 Å². The van der Waals surface area contributed by atoms with Crippen molar-refractivity contribution in [1.29, 1.82) is 0 Å². The third kappa shape index (κ3) is 2.94. The fraction of sp³-hybridized carbons (Fsp3) is 0.368. The normalized spacial score (nSPS) is 19.6. The lowest BCUT2D eigenvalue weighted by molar-refractivity contribution is -0.157. The summed E-state index contributed by atoms with van der Waals surface area (Å²) in [6.07, 6.45) is 1.07. The molecule has 6 heteroatoms. The standard InChI is InChI=1S/C19H21NO4S/c1-15-6-8-17(9-7-15)25(21,22)20-11-10-19(23-12-13-24-19)14-16-4-2-3-5-18(16)20/h2-9H,10-14H2,1H3. The number of para-hydroxylation sites is 1. The van der Waals surface area contributed by atoms with Gasteiger partial charge in [0.1, 0.15) is 0 Å². The van der Waals surface area contributed by atoms with Crippen molar-refractivity contribution in [1.82, 2.24) is 0 Å².